The minimum Gasteiger partial charge on any atom is -0.392 e. The predicted octanol–water partition coefficient (Wildman–Crippen LogP) is 2.78. The average Bonchev–Trinajstić information content (AvgIpc) is 2.70. The van der Waals surface area contributed by atoms with E-state index in [0.29, 0.717) is 0 Å². The molecule has 1 aliphatic rings. The third-order valence-electron chi connectivity index (χ3n) is 3.92. The average molecular weight is 253 g/mol. The van der Waals surface area contributed by atoms with Crippen molar-refractivity contribution in [2.45, 2.75) is 19.4 Å². The minimum absolute atomic E-state index is 0.111. The molecule has 0 saturated carbocycles. The standard InChI is InChI=1S/C17H19NO/c19-13-16-7-3-4-8-17(16)18-11-9-14-5-1-2-6-15(14)10-12-18/h1-8,19H,9-13H2. The second kappa shape index (κ2) is 5.45. The van der Waals surface area contributed by atoms with Crippen LogP contribution in [0.2, 0.25) is 0 Å². The van der Waals surface area contributed by atoms with Crippen LogP contribution in [0, 0.1) is 0 Å². The van der Waals surface area contributed by atoms with Crippen LogP contribution >= 0.6 is 0 Å². The largest absolute Gasteiger partial charge is 0.392 e. The number of hydrogen-bond donors (Lipinski definition) is 1. The highest BCUT2D eigenvalue weighted by atomic mass is 16.3. The van der Waals surface area contributed by atoms with Crippen LogP contribution in [-0.2, 0) is 19.4 Å². The molecule has 1 N–H and O–H groups in total. The molecule has 2 aromatic rings. The van der Waals surface area contributed by atoms with Gasteiger partial charge in [0, 0.05) is 24.3 Å². The fraction of sp³-hybridized carbons (Fsp3) is 0.294. The van der Waals surface area contributed by atoms with E-state index in [-0.39, 0.29) is 6.61 Å². The van der Waals surface area contributed by atoms with E-state index in [2.05, 4.69) is 35.2 Å². The van der Waals surface area contributed by atoms with E-state index in [1.165, 1.54) is 16.8 Å². The van der Waals surface area contributed by atoms with Gasteiger partial charge in [0.05, 0.1) is 6.61 Å². The van der Waals surface area contributed by atoms with Gasteiger partial charge in [-0.05, 0) is 30.0 Å². The molecule has 0 spiro atoms. The van der Waals surface area contributed by atoms with Crippen molar-refractivity contribution in [2.24, 2.45) is 0 Å². The van der Waals surface area contributed by atoms with Crippen molar-refractivity contribution in [3.63, 3.8) is 0 Å². The normalized spacial score (nSPS) is 14.9. The van der Waals surface area contributed by atoms with Crippen LogP contribution < -0.4 is 4.90 Å². The Balaban J connectivity index is 1.85. The van der Waals surface area contributed by atoms with Crippen LogP contribution in [0.4, 0.5) is 5.69 Å². The number of aliphatic hydroxyl groups excluding tert-OH is 1. The Morgan fingerprint density at radius 3 is 2.05 bits per heavy atom. The number of benzene rings is 2. The molecular weight excluding hydrogens is 234 g/mol. The predicted molar refractivity (Wildman–Crippen MR) is 78.4 cm³/mol. The molecule has 0 aliphatic carbocycles. The molecule has 2 aromatic carbocycles. The summed E-state index contributed by atoms with van der Waals surface area (Å²) in [6.45, 7) is 2.15. The maximum absolute atomic E-state index is 9.47. The summed E-state index contributed by atoms with van der Waals surface area (Å²) in [4.78, 5) is 2.39. The first kappa shape index (κ1) is 12.2. The third kappa shape index (κ3) is 2.49. The zero-order valence-electron chi connectivity index (χ0n) is 11.0. The Bertz CT molecular complexity index is 538. The number of hydrogen-bond acceptors (Lipinski definition) is 2. The lowest BCUT2D eigenvalue weighted by Gasteiger charge is -2.24. The third-order valence-corrected chi connectivity index (χ3v) is 3.92. The molecule has 19 heavy (non-hydrogen) atoms. The number of para-hydroxylation sites is 1. The van der Waals surface area contributed by atoms with Crippen LogP contribution in [0.1, 0.15) is 16.7 Å². The van der Waals surface area contributed by atoms with Gasteiger partial charge in [-0.15, -0.1) is 0 Å². The van der Waals surface area contributed by atoms with E-state index in [9.17, 15) is 5.11 Å². The van der Waals surface area contributed by atoms with Crippen LogP contribution in [0.3, 0.4) is 0 Å². The van der Waals surface area contributed by atoms with Crippen molar-refractivity contribution in [3.05, 3.63) is 65.2 Å². The smallest absolute Gasteiger partial charge is 0.0702 e. The molecule has 0 amide bonds. The van der Waals surface area contributed by atoms with Gasteiger partial charge in [0.25, 0.3) is 0 Å². The van der Waals surface area contributed by atoms with E-state index in [1.807, 2.05) is 18.2 Å². The molecule has 2 nitrogen and oxygen atoms in total. The fourth-order valence-electron chi connectivity index (χ4n) is 2.86. The van der Waals surface area contributed by atoms with Crippen LogP contribution in [0.15, 0.2) is 48.5 Å². The molecule has 0 aromatic heterocycles. The lowest BCUT2D eigenvalue weighted by molar-refractivity contribution is 0.282. The summed E-state index contributed by atoms with van der Waals surface area (Å²) in [5.41, 5.74) is 5.13. The van der Waals surface area contributed by atoms with Gasteiger partial charge in [0.2, 0.25) is 0 Å². The molecular formula is C17H19NO. The topological polar surface area (TPSA) is 23.5 Å². The minimum atomic E-state index is 0.111. The highest BCUT2D eigenvalue weighted by Gasteiger charge is 2.15. The van der Waals surface area contributed by atoms with E-state index in [1.54, 1.807) is 0 Å². The number of fused-ring (bicyclic) bond motifs is 1. The van der Waals surface area contributed by atoms with Gasteiger partial charge in [-0.1, -0.05) is 42.5 Å². The number of nitrogens with zero attached hydrogens (tertiary/aromatic N) is 1. The van der Waals surface area contributed by atoms with Gasteiger partial charge < -0.3 is 10.0 Å². The van der Waals surface area contributed by atoms with Crippen molar-refractivity contribution < 1.29 is 5.11 Å². The van der Waals surface area contributed by atoms with Crippen LogP contribution in [0.5, 0.6) is 0 Å². The van der Waals surface area contributed by atoms with Crippen molar-refractivity contribution in [2.75, 3.05) is 18.0 Å². The molecule has 0 atom stereocenters. The van der Waals surface area contributed by atoms with Gasteiger partial charge in [-0.3, -0.25) is 0 Å². The molecule has 3 rings (SSSR count). The second-order valence-electron chi connectivity index (χ2n) is 5.04. The summed E-state index contributed by atoms with van der Waals surface area (Å²) in [7, 11) is 0. The maximum Gasteiger partial charge on any atom is 0.0702 e. The summed E-state index contributed by atoms with van der Waals surface area (Å²) >= 11 is 0. The van der Waals surface area contributed by atoms with Gasteiger partial charge in [0.15, 0.2) is 0 Å². The van der Waals surface area contributed by atoms with E-state index in [0.717, 1.165) is 31.5 Å². The SMILES string of the molecule is OCc1ccccc1N1CCc2ccccc2CC1. The molecule has 0 unspecified atom stereocenters. The van der Waals surface area contributed by atoms with Gasteiger partial charge in [-0.25, -0.2) is 0 Å². The van der Waals surface area contributed by atoms with Gasteiger partial charge >= 0.3 is 0 Å². The molecule has 0 radical (unpaired) electrons. The lowest BCUT2D eigenvalue weighted by Crippen LogP contribution is -2.27. The van der Waals surface area contributed by atoms with Crippen molar-refractivity contribution in [3.8, 4) is 0 Å². The summed E-state index contributed by atoms with van der Waals surface area (Å²) in [5, 5.41) is 9.47. The first-order valence-electron chi connectivity index (χ1n) is 6.89. The van der Waals surface area contributed by atoms with E-state index < -0.39 is 0 Å². The molecule has 2 heteroatoms. The molecule has 98 valence electrons. The Kier molecular flexibility index (Phi) is 3.51. The quantitative estimate of drug-likeness (QED) is 0.889. The summed E-state index contributed by atoms with van der Waals surface area (Å²) in [6, 6.07) is 16.9. The summed E-state index contributed by atoms with van der Waals surface area (Å²) < 4.78 is 0. The van der Waals surface area contributed by atoms with E-state index >= 15 is 0 Å². The number of rotatable bonds is 2. The van der Waals surface area contributed by atoms with Crippen LogP contribution in [-0.4, -0.2) is 18.2 Å². The second-order valence-corrected chi connectivity index (χ2v) is 5.04. The molecule has 1 heterocycles. The zero-order chi connectivity index (χ0) is 13.1. The highest BCUT2D eigenvalue weighted by molar-refractivity contribution is 5.54. The number of aliphatic hydroxyl groups is 1. The summed E-state index contributed by atoms with van der Waals surface area (Å²) in [5.74, 6) is 0. The number of anilines is 1. The highest BCUT2D eigenvalue weighted by Crippen LogP contribution is 2.24. The van der Waals surface area contributed by atoms with E-state index in [4.69, 9.17) is 0 Å². The molecule has 0 saturated heterocycles. The van der Waals surface area contributed by atoms with Crippen molar-refractivity contribution >= 4 is 5.69 Å². The Hall–Kier alpha value is -1.80. The molecule has 1 aliphatic heterocycles. The Morgan fingerprint density at radius 2 is 1.42 bits per heavy atom. The molecule has 0 fully saturated rings. The van der Waals surface area contributed by atoms with Crippen LogP contribution in [0.25, 0.3) is 0 Å². The maximum atomic E-state index is 9.47. The van der Waals surface area contributed by atoms with Gasteiger partial charge in [-0.2, -0.15) is 0 Å². The van der Waals surface area contributed by atoms with Crippen molar-refractivity contribution in [1.82, 2.24) is 0 Å². The zero-order valence-corrected chi connectivity index (χ0v) is 11.0. The molecule has 0 bridgehead atoms. The fourth-order valence-corrected chi connectivity index (χ4v) is 2.86. The lowest BCUT2D eigenvalue weighted by atomic mass is 10.0. The Morgan fingerprint density at radius 1 is 0.842 bits per heavy atom. The summed E-state index contributed by atoms with van der Waals surface area (Å²) in [6.07, 6.45) is 2.16. The first-order chi connectivity index (χ1) is 9.38. The van der Waals surface area contributed by atoms with Gasteiger partial charge in [0.1, 0.15) is 0 Å². The monoisotopic (exact) mass is 253 g/mol. The Labute approximate surface area is 114 Å². The first-order valence-corrected chi connectivity index (χ1v) is 6.89. The van der Waals surface area contributed by atoms with Crippen molar-refractivity contribution in [1.29, 1.82) is 0 Å².